The second-order valence-corrected chi connectivity index (χ2v) is 6.35. The van der Waals surface area contributed by atoms with Gasteiger partial charge in [0.05, 0.1) is 0 Å². The Hall–Kier alpha value is -0.820. The summed E-state index contributed by atoms with van der Waals surface area (Å²) in [4.78, 5) is 0. The van der Waals surface area contributed by atoms with Gasteiger partial charge in [0.1, 0.15) is 0 Å². The van der Waals surface area contributed by atoms with Crippen LogP contribution < -0.4 is 5.73 Å². The minimum atomic E-state index is 0.743. The lowest BCUT2D eigenvalue weighted by atomic mass is 9.70. The fourth-order valence-corrected chi connectivity index (χ4v) is 3.78. The van der Waals surface area contributed by atoms with Crippen molar-refractivity contribution in [3.05, 3.63) is 35.4 Å². The average molecular weight is 259 g/mol. The number of nitrogens with two attached hydrogens (primary N) is 1. The van der Waals surface area contributed by atoms with Crippen LogP contribution in [0.2, 0.25) is 0 Å². The van der Waals surface area contributed by atoms with Crippen molar-refractivity contribution in [2.45, 2.75) is 52.4 Å². The van der Waals surface area contributed by atoms with E-state index in [1.54, 1.807) is 0 Å². The van der Waals surface area contributed by atoms with Crippen molar-refractivity contribution >= 4 is 0 Å². The van der Waals surface area contributed by atoms with E-state index in [9.17, 15) is 0 Å². The molecule has 0 aromatic heterocycles. The first-order valence-electron chi connectivity index (χ1n) is 7.99. The van der Waals surface area contributed by atoms with Gasteiger partial charge in [0.15, 0.2) is 0 Å². The molecule has 1 nitrogen and oxygen atoms in total. The summed E-state index contributed by atoms with van der Waals surface area (Å²) in [6.45, 7) is 5.42. The van der Waals surface area contributed by atoms with Gasteiger partial charge in [-0.15, -0.1) is 0 Å². The smallest absolute Gasteiger partial charge is 0.00461 e. The summed E-state index contributed by atoms with van der Waals surface area (Å²) >= 11 is 0. The normalized spacial score (nSPS) is 27.4. The zero-order valence-corrected chi connectivity index (χ0v) is 12.6. The molecule has 0 amide bonds. The monoisotopic (exact) mass is 259 g/mol. The van der Waals surface area contributed by atoms with Crippen LogP contribution in [-0.4, -0.2) is 6.54 Å². The van der Waals surface area contributed by atoms with E-state index in [0.717, 1.165) is 24.3 Å². The van der Waals surface area contributed by atoms with Gasteiger partial charge in [-0.3, -0.25) is 0 Å². The fraction of sp³-hybridized carbons (Fsp3) is 0.667. The maximum atomic E-state index is 6.00. The zero-order valence-electron chi connectivity index (χ0n) is 12.6. The molecular weight excluding hydrogens is 230 g/mol. The Bertz CT molecular complexity index is 385. The second-order valence-electron chi connectivity index (χ2n) is 6.35. The fourth-order valence-electron chi connectivity index (χ4n) is 3.78. The summed E-state index contributed by atoms with van der Waals surface area (Å²) in [5, 5.41) is 0. The quantitative estimate of drug-likeness (QED) is 0.837. The highest BCUT2D eigenvalue weighted by molar-refractivity contribution is 5.26. The van der Waals surface area contributed by atoms with Crippen LogP contribution in [-0.2, 0) is 6.42 Å². The minimum Gasteiger partial charge on any atom is -0.330 e. The molecule has 0 bridgehead atoms. The Morgan fingerprint density at radius 1 is 1.16 bits per heavy atom. The van der Waals surface area contributed by atoms with Crippen molar-refractivity contribution in [2.75, 3.05) is 6.54 Å². The summed E-state index contributed by atoms with van der Waals surface area (Å²) in [5.41, 5.74) is 8.98. The summed E-state index contributed by atoms with van der Waals surface area (Å²) in [6.07, 6.45) is 8.10. The molecule has 2 rings (SSSR count). The van der Waals surface area contributed by atoms with Crippen LogP contribution in [0, 0.1) is 24.7 Å². The molecule has 0 saturated heterocycles. The molecule has 106 valence electrons. The number of benzene rings is 1. The molecule has 1 aromatic carbocycles. The maximum absolute atomic E-state index is 6.00. The first-order valence-corrected chi connectivity index (χ1v) is 7.99. The lowest BCUT2D eigenvalue weighted by molar-refractivity contribution is 0.175. The molecule has 2 N–H and O–H groups in total. The van der Waals surface area contributed by atoms with E-state index >= 15 is 0 Å². The van der Waals surface area contributed by atoms with Crippen LogP contribution in [0.3, 0.4) is 0 Å². The largest absolute Gasteiger partial charge is 0.330 e. The predicted molar refractivity (Wildman–Crippen MR) is 83.2 cm³/mol. The van der Waals surface area contributed by atoms with Crippen LogP contribution in [0.25, 0.3) is 0 Å². The summed E-state index contributed by atoms with van der Waals surface area (Å²) in [5.74, 6) is 2.49. The van der Waals surface area contributed by atoms with Gasteiger partial charge >= 0.3 is 0 Å². The summed E-state index contributed by atoms with van der Waals surface area (Å²) in [6, 6.07) is 8.84. The van der Waals surface area contributed by atoms with Gasteiger partial charge in [-0.1, -0.05) is 50.5 Å². The molecule has 0 heterocycles. The predicted octanol–water partition coefficient (Wildman–Crippen LogP) is 4.33. The minimum absolute atomic E-state index is 0.743. The first kappa shape index (κ1) is 14.6. The molecule has 3 unspecified atom stereocenters. The third-order valence-electron chi connectivity index (χ3n) is 4.99. The number of hydrogen-bond donors (Lipinski definition) is 1. The van der Waals surface area contributed by atoms with Crippen molar-refractivity contribution in [1.82, 2.24) is 0 Å². The van der Waals surface area contributed by atoms with E-state index < -0.39 is 0 Å². The molecule has 1 aliphatic carbocycles. The van der Waals surface area contributed by atoms with Crippen molar-refractivity contribution in [3.8, 4) is 0 Å². The standard InChI is InChI=1S/C18H29N/c1-3-6-15-9-10-17(13-19)18(11-15)12-16-8-5-4-7-14(16)2/h4-5,7-8,15,17-18H,3,6,9-13,19H2,1-2H3. The lowest BCUT2D eigenvalue weighted by Gasteiger charge is -2.36. The van der Waals surface area contributed by atoms with E-state index in [2.05, 4.69) is 38.1 Å². The molecule has 1 aliphatic rings. The summed E-state index contributed by atoms with van der Waals surface area (Å²) in [7, 11) is 0. The van der Waals surface area contributed by atoms with Crippen LogP contribution >= 0.6 is 0 Å². The Labute approximate surface area is 118 Å². The highest BCUT2D eigenvalue weighted by Gasteiger charge is 2.29. The van der Waals surface area contributed by atoms with E-state index in [0.29, 0.717) is 0 Å². The molecule has 19 heavy (non-hydrogen) atoms. The molecule has 1 saturated carbocycles. The zero-order chi connectivity index (χ0) is 13.7. The highest BCUT2D eigenvalue weighted by atomic mass is 14.6. The Morgan fingerprint density at radius 2 is 1.95 bits per heavy atom. The number of aryl methyl sites for hydroxylation is 1. The Kier molecular flexibility index (Phi) is 5.45. The molecule has 1 heteroatoms. The van der Waals surface area contributed by atoms with Crippen molar-refractivity contribution in [1.29, 1.82) is 0 Å². The van der Waals surface area contributed by atoms with E-state index in [1.165, 1.54) is 49.7 Å². The number of hydrogen-bond acceptors (Lipinski definition) is 1. The molecule has 1 fully saturated rings. The van der Waals surface area contributed by atoms with Gasteiger partial charge in [0.2, 0.25) is 0 Å². The topological polar surface area (TPSA) is 26.0 Å². The van der Waals surface area contributed by atoms with Crippen molar-refractivity contribution < 1.29 is 0 Å². The van der Waals surface area contributed by atoms with Crippen molar-refractivity contribution in [3.63, 3.8) is 0 Å². The Morgan fingerprint density at radius 3 is 2.63 bits per heavy atom. The SMILES string of the molecule is CCCC1CCC(CN)C(Cc2ccccc2C)C1. The third kappa shape index (κ3) is 3.82. The van der Waals surface area contributed by atoms with Gasteiger partial charge in [0, 0.05) is 0 Å². The first-order chi connectivity index (χ1) is 9.24. The van der Waals surface area contributed by atoms with Gasteiger partial charge in [-0.05, 0) is 61.6 Å². The molecule has 0 aliphatic heterocycles. The van der Waals surface area contributed by atoms with Gasteiger partial charge < -0.3 is 5.73 Å². The lowest BCUT2D eigenvalue weighted by Crippen LogP contribution is -2.31. The van der Waals surface area contributed by atoms with Crippen LogP contribution in [0.4, 0.5) is 0 Å². The molecule has 0 radical (unpaired) electrons. The molecule has 1 aromatic rings. The molecule has 0 spiro atoms. The average Bonchev–Trinajstić information content (AvgIpc) is 2.42. The maximum Gasteiger partial charge on any atom is -0.00461 e. The summed E-state index contributed by atoms with van der Waals surface area (Å²) < 4.78 is 0. The van der Waals surface area contributed by atoms with Crippen LogP contribution in [0.1, 0.15) is 50.2 Å². The Balaban J connectivity index is 2.04. The van der Waals surface area contributed by atoms with Crippen LogP contribution in [0.5, 0.6) is 0 Å². The van der Waals surface area contributed by atoms with E-state index in [1.807, 2.05) is 0 Å². The van der Waals surface area contributed by atoms with Crippen molar-refractivity contribution in [2.24, 2.45) is 23.5 Å². The van der Waals surface area contributed by atoms with Gasteiger partial charge in [-0.25, -0.2) is 0 Å². The van der Waals surface area contributed by atoms with Crippen LogP contribution in [0.15, 0.2) is 24.3 Å². The van der Waals surface area contributed by atoms with Gasteiger partial charge in [0.25, 0.3) is 0 Å². The number of rotatable bonds is 5. The second kappa shape index (κ2) is 7.09. The molecule has 3 atom stereocenters. The van der Waals surface area contributed by atoms with E-state index in [4.69, 9.17) is 5.73 Å². The van der Waals surface area contributed by atoms with Gasteiger partial charge in [-0.2, -0.15) is 0 Å². The van der Waals surface area contributed by atoms with E-state index in [-0.39, 0.29) is 0 Å². The molecular formula is C18H29N. The highest BCUT2D eigenvalue weighted by Crippen LogP contribution is 2.37. The third-order valence-corrected chi connectivity index (χ3v) is 4.99.